The minimum absolute atomic E-state index is 0.0349. The van der Waals surface area contributed by atoms with Gasteiger partial charge in [-0.2, -0.15) is 13.2 Å². The zero-order valence-electron chi connectivity index (χ0n) is 20.3. The summed E-state index contributed by atoms with van der Waals surface area (Å²) >= 11 is 5.96. The van der Waals surface area contributed by atoms with Crippen LogP contribution in [0.15, 0.2) is 48.5 Å². The number of para-hydroxylation sites is 2. The maximum atomic E-state index is 13.0. The first-order chi connectivity index (χ1) is 17.6. The first-order valence-corrected chi connectivity index (χ1v) is 12.5. The van der Waals surface area contributed by atoms with Crippen LogP contribution >= 0.6 is 11.6 Å². The van der Waals surface area contributed by atoms with Crippen LogP contribution in [0.4, 0.5) is 18.9 Å². The van der Waals surface area contributed by atoms with Crippen LogP contribution in [0.2, 0.25) is 5.02 Å². The number of ether oxygens (including phenoxy) is 2. The molecule has 11 heteroatoms. The van der Waals surface area contributed by atoms with E-state index >= 15 is 0 Å². The number of hydrogen-bond acceptors (Lipinski definition) is 7. The van der Waals surface area contributed by atoms with Gasteiger partial charge in [-0.15, -0.1) is 0 Å². The first kappa shape index (κ1) is 27.2. The Labute approximate surface area is 218 Å². The second-order valence-corrected chi connectivity index (χ2v) is 9.79. The van der Waals surface area contributed by atoms with E-state index in [0.29, 0.717) is 23.0 Å². The summed E-state index contributed by atoms with van der Waals surface area (Å²) in [5, 5.41) is 4.13. The monoisotopic (exact) mass is 539 g/mol. The van der Waals surface area contributed by atoms with Crippen molar-refractivity contribution in [1.82, 2.24) is 10.2 Å². The van der Waals surface area contributed by atoms with E-state index in [1.807, 2.05) is 24.3 Å². The predicted molar refractivity (Wildman–Crippen MR) is 133 cm³/mol. The Morgan fingerprint density at radius 1 is 1.05 bits per heavy atom. The molecule has 0 amide bonds. The van der Waals surface area contributed by atoms with Crippen molar-refractivity contribution in [2.24, 2.45) is 0 Å². The van der Waals surface area contributed by atoms with Gasteiger partial charge < -0.3 is 19.7 Å². The number of esters is 2. The van der Waals surface area contributed by atoms with Crippen molar-refractivity contribution in [3.05, 3.63) is 59.1 Å². The lowest BCUT2D eigenvalue weighted by Crippen LogP contribution is -2.51. The first-order valence-electron chi connectivity index (χ1n) is 12.1. The number of halogens is 4. The summed E-state index contributed by atoms with van der Waals surface area (Å²) in [7, 11) is 0. The molecule has 0 aliphatic carbocycles. The fraction of sp³-hybridized carbons (Fsp3) is 0.462. The second-order valence-electron chi connectivity index (χ2n) is 9.36. The largest absolute Gasteiger partial charge is 0.490 e. The van der Waals surface area contributed by atoms with Gasteiger partial charge in [0.05, 0.1) is 18.3 Å². The number of nitrogens with zero attached hydrogens (tertiary/aromatic N) is 2. The van der Waals surface area contributed by atoms with Crippen LogP contribution in [0.1, 0.15) is 25.3 Å². The maximum Gasteiger partial charge on any atom is 0.490 e. The van der Waals surface area contributed by atoms with Crippen LogP contribution in [-0.4, -0.2) is 67.4 Å². The Balaban J connectivity index is 1.41. The fourth-order valence-electron chi connectivity index (χ4n) is 4.82. The standard InChI is InChI=1S/C26H29ClF3N3O4/c1-17(34)36-23-5-3-2-4-22(23)33-15-21(24(16-33)37-25(35)26(28,29)30)31-20-10-12-32(13-11-20)14-18-6-8-19(27)9-7-18/h2-9,20-21,24,31H,10-16H2,1H3. The molecule has 2 aliphatic heterocycles. The molecule has 7 nitrogen and oxygen atoms in total. The van der Waals surface area contributed by atoms with E-state index in [1.54, 1.807) is 29.2 Å². The molecular formula is C26H29ClF3N3O4. The molecule has 200 valence electrons. The molecule has 2 fully saturated rings. The van der Waals surface area contributed by atoms with Crippen molar-refractivity contribution in [3.63, 3.8) is 0 Å². The number of hydrogen-bond donors (Lipinski definition) is 1. The molecule has 2 saturated heterocycles. The normalized spacial score (nSPS) is 21.2. The van der Waals surface area contributed by atoms with Gasteiger partial charge in [0, 0.05) is 31.1 Å². The van der Waals surface area contributed by atoms with Gasteiger partial charge in [-0.05, 0) is 55.8 Å². The topological polar surface area (TPSA) is 71.1 Å². The number of alkyl halides is 3. The van der Waals surface area contributed by atoms with E-state index in [-0.39, 0.29) is 12.6 Å². The van der Waals surface area contributed by atoms with Gasteiger partial charge in [0.1, 0.15) is 6.10 Å². The highest BCUT2D eigenvalue weighted by atomic mass is 35.5. The zero-order chi connectivity index (χ0) is 26.6. The third-order valence-electron chi connectivity index (χ3n) is 6.57. The van der Waals surface area contributed by atoms with Gasteiger partial charge in [-0.25, -0.2) is 4.79 Å². The predicted octanol–water partition coefficient (Wildman–Crippen LogP) is 4.18. The van der Waals surface area contributed by atoms with Crippen LogP contribution in [0.3, 0.4) is 0 Å². The summed E-state index contributed by atoms with van der Waals surface area (Å²) in [5.74, 6) is -2.42. The van der Waals surface area contributed by atoms with E-state index in [2.05, 4.69) is 10.2 Å². The maximum absolute atomic E-state index is 13.0. The van der Waals surface area contributed by atoms with Crippen molar-refractivity contribution in [2.45, 2.75) is 50.7 Å². The molecule has 2 atom stereocenters. The Bertz CT molecular complexity index is 1090. The molecule has 37 heavy (non-hydrogen) atoms. The molecule has 2 unspecified atom stereocenters. The van der Waals surface area contributed by atoms with Crippen molar-refractivity contribution in [3.8, 4) is 5.75 Å². The molecule has 0 saturated carbocycles. The zero-order valence-corrected chi connectivity index (χ0v) is 21.1. The van der Waals surface area contributed by atoms with Crippen molar-refractivity contribution in [2.75, 3.05) is 31.1 Å². The molecule has 4 rings (SSSR count). The lowest BCUT2D eigenvalue weighted by Gasteiger charge is -2.34. The van der Waals surface area contributed by atoms with E-state index in [4.69, 9.17) is 21.1 Å². The summed E-state index contributed by atoms with van der Waals surface area (Å²) in [6.07, 6.45) is -4.51. The number of carbonyl (C=O) groups is 2. The average Bonchev–Trinajstić information content (AvgIpc) is 3.23. The summed E-state index contributed by atoms with van der Waals surface area (Å²) in [6.45, 7) is 4.03. The lowest BCUT2D eigenvalue weighted by atomic mass is 10.0. The molecule has 0 aromatic heterocycles. The van der Waals surface area contributed by atoms with Crippen LogP contribution < -0.4 is 15.0 Å². The number of rotatable bonds is 7. The summed E-state index contributed by atoms with van der Waals surface area (Å²) in [4.78, 5) is 27.3. The Hall–Kier alpha value is -2.82. The fourth-order valence-corrected chi connectivity index (χ4v) is 4.95. The van der Waals surface area contributed by atoms with Crippen LogP contribution in [-0.2, 0) is 20.9 Å². The molecular weight excluding hydrogens is 511 g/mol. The molecule has 2 heterocycles. The number of anilines is 1. The smallest absolute Gasteiger partial charge is 0.452 e. The van der Waals surface area contributed by atoms with Crippen molar-refractivity contribution < 1.29 is 32.2 Å². The summed E-state index contributed by atoms with van der Waals surface area (Å²) < 4.78 is 49.1. The van der Waals surface area contributed by atoms with Gasteiger partial charge >= 0.3 is 18.1 Å². The van der Waals surface area contributed by atoms with Crippen LogP contribution in [0.25, 0.3) is 0 Å². The van der Waals surface area contributed by atoms with Gasteiger partial charge in [-0.1, -0.05) is 35.9 Å². The Kier molecular flexibility index (Phi) is 8.61. The van der Waals surface area contributed by atoms with Gasteiger partial charge in [0.2, 0.25) is 0 Å². The Morgan fingerprint density at radius 2 is 1.73 bits per heavy atom. The highest BCUT2D eigenvalue weighted by molar-refractivity contribution is 6.30. The van der Waals surface area contributed by atoms with Crippen LogP contribution in [0.5, 0.6) is 5.75 Å². The van der Waals surface area contributed by atoms with Crippen molar-refractivity contribution in [1.29, 1.82) is 0 Å². The lowest BCUT2D eigenvalue weighted by molar-refractivity contribution is -0.204. The highest BCUT2D eigenvalue weighted by Crippen LogP contribution is 2.33. The number of nitrogens with one attached hydrogen (secondary N) is 1. The quantitative estimate of drug-likeness (QED) is 0.418. The molecule has 1 N–H and O–H groups in total. The SMILES string of the molecule is CC(=O)Oc1ccccc1N1CC(NC2CCN(Cc3ccc(Cl)cc3)CC2)C(OC(=O)C(F)(F)F)C1. The molecule has 2 aromatic carbocycles. The van der Waals surface area contributed by atoms with E-state index in [1.165, 1.54) is 6.92 Å². The minimum Gasteiger partial charge on any atom is -0.452 e. The number of benzene rings is 2. The van der Waals surface area contributed by atoms with Gasteiger partial charge in [-0.3, -0.25) is 9.69 Å². The second kappa shape index (κ2) is 11.7. The molecule has 2 aliphatic rings. The van der Waals surface area contributed by atoms with Crippen molar-refractivity contribution >= 4 is 29.2 Å². The third-order valence-corrected chi connectivity index (χ3v) is 6.82. The molecule has 0 spiro atoms. The highest BCUT2D eigenvalue weighted by Gasteiger charge is 2.46. The van der Waals surface area contributed by atoms with Gasteiger partial charge in [0.25, 0.3) is 0 Å². The number of piperidine rings is 1. The summed E-state index contributed by atoms with van der Waals surface area (Å²) in [5.41, 5.74) is 1.71. The number of carbonyl (C=O) groups excluding carboxylic acids is 2. The molecule has 0 bridgehead atoms. The number of likely N-dealkylation sites (tertiary alicyclic amines) is 1. The minimum atomic E-state index is -5.08. The Morgan fingerprint density at radius 3 is 2.38 bits per heavy atom. The van der Waals surface area contributed by atoms with Gasteiger partial charge in [0.15, 0.2) is 5.75 Å². The average molecular weight is 540 g/mol. The summed E-state index contributed by atoms with van der Waals surface area (Å²) in [6, 6.07) is 14.0. The van der Waals surface area contributed by atoms with E-state index in [9.17, 15) is 22.8 Å². The molecule has 2 aromatic rings. The van der Waals surface area contributed by atoms with E-state index in [0.717, 1.165) is 38.0 Å². The van der Waals surface area contributed by atoms with E-state index < -0.39 is 30.3 Å². The third kappa shape index (κ3) is 7.37. The molecule has 0 radical (unpaired) electrons. The van der Waals surface area contributed by atoms with Crippen LogP contribution in [0, 0.1) is 0 Å².